The van der Waals surface area contributed by atoms with E-state index in [0.717, 1.165) is 33.4 Å². The summed E-state index contributed by atoms with van der Waals surface area (Å²) in [6.45, 7) is -0.725. The molecule has 6 aromatic rings. The molecule has 0 aliphatic rings. The van der Waals surface area contributed by atoms with Crippen molar-refractivity contribution in [3.8, 4) is 11.5 Å². The summed E-state index contributed by atoms with van der Waals surface area (Å²) in [5.74, 6) is -1.52. The van der Waals surface area contributed by atoms with Gasteiger partial charge in [0.2, 0.25) is 4.34 Å². The van der Waals surface area contributed by atoms with E-state index in [0.29, 0.717) is 27.4 Å². The van der Waals surface area contributed by atoms with Crippen LogP contribution in [-0.4, -0.2) is 63.5 Å². The van der Waals surface area contributed by atoms with Crippen molar-refractivity contribution >= 4 is 54.2 Å². The Hall–Kier alpha value is -5.19. The standard InChI is InChI=1S/C33H31FN6O7S2/c34-11-12-46-24-7-5-20(6-8-24)13-29(30(41)15-21(32(42)43)14-22-17-36-27-4-2-1-3-26(22)27)40-18-23(38-39-40)19-47-25-9-10-28-31(16-25)48-33(37-28)49(35,44)45/h1-10,16-18,21,29,36H,11-15,19H2,(H,42,43)(H2,35,44,45)/t21-,29+/m1/s1. The second-order valence-electron chi connectivity index (χ2n) is 11.3. The Morgan fingerprint density at radius 2 is 1.82 bits per heavy atom. The van der Waals surface area contributed by atoms with Gasteiger partial charge in [-0.3, -0.25) is 9.59 Å². The van der Waals surface area contributed by atoms with Gasteiger partial charge in [-0.15, -0.1) is 16.4 Å². The number of carbonyl (C=O) groups is 2. The number of alkyl halides is 1. The quantitative estimate of drug-likeness (QED) is 0.128. The lowest BCUT2D eigenvalue weighted by atomic mass is 9.90. The monoisotopic (exact) mass is 706 g/mol. The Morgan fingerprint density at radius 1 is 1.04 bits per heavy atom. The predicted octanol–water partition coefficient (Wildman–Crippen LogP) is 4.63. The van der Waals surface area contributed by atoms with Crippen molar-refractivity contribution in [3.05, 3.63) is 95.9 Å². The van der Waals surface area contributed by atoms with Crippen LogP contribution in [-0.2, 0) is 39.1 Å². The Labute approximate surface area is 283 Å². The van der Waals surface area contributed by atoms with E-state index >= 15 is 0 Å². The van der Waals surface area contributed by atoms with Crippen LogP contribution in [0, 0.1) is 5.92 Å². The van der Waals surface area contributed by atoms with Crippen LogP contribution in [0.1, 0.15) is 29.3 Å². The molecule has 6 rings (SSSR count). The van der Waals surface area contributed by atoms with Gasteiger partial charge in [0.05, 0.1) is 22.3 Å². The number of thiazole rings is 1. The number of carboxylic acid groups (broad SMARTS) is 1. The van der Waals surface area contributed by atoms with Crippen molar-refractivity contribution in [3.63, 3.8) is 0 Å². The number of fused-ring (bicyclic) bond motifs is 2. The molecule has 0 amide bonds. The van der Waals surface area contributed by atoms with Gasteiger partial charge in [0.1, 0.15) is 43.1 Å². The van der Waals surface area contributed by atoms with Gasteiger partial charge in [-0.25, -0.2) is 27.6 Å². The van der Waals surface area contributed by atoms with Crippen molar-refractivity contribution in [1.29, 1.82) is 0 Å². The number of nitrogens with zero attached hydrogens (tertiary/aromatic N) is 4. The fraction of sp³-hybridized carbons (Fsp3) is 0.242. The second kappa shape index (κ2) is 14.5. The number of carbonyl (C=O) groups excluding carboxylic acids is 1. The van der Waals surface area contributed by atoms with Crippen LogP contribution in [0.5, 0.6) is 11.5 Å². The number of aromatic amines is 1. The molecule has 0 unspecified atom stereocenters. The molecule has 254 valence electrons. The molecule has 0 spiro atoms. The SMILES string of the molecule is NS(=O)(=O)c1nc2ccc(OCc3cn([C@@H](Cc4ccc(OCCF)cc4)C(=O)C[C@@H](Cc4c[nH]c5ccccc45)C(=O)O)nn3)cc2s1. The van der Waals surface area contributed by atoms with Crippen LogP contribution < -0.4 is 14.6 Å². The summed E-state index contributed by atoms with van der Waals surface area (Å²) in [5.41, 5.74) is 3.28. The number of ketones is 1. The smallest absolute Gasteiger partial charge is 0.307 e. The van der Waals surface area contributed by atoms with Gasteiger partial charge in [0.25, 0.3) is 10.0 Å². The number of para-hydroxylation sites is 1. The number of aromatic nitrogens is 5. The maximum Gasteiger partial charge on any atom is 0.307 e. The Morgan fingerprint density at radius 3 is 2.57 bits per heavy atom. The number of aliphatic carboxylic acids is 1. The molecule has 49 heavy (non-hydrogen) atoms. The zero-order valence-corrected chi connectivity index (χ0v) is 27.5. The number of hydrogen-bond donors (Lipinski definition) is 3. The molecular formula is C33H31FN6O7S2. The van der Waals surface area contributed by atoms with Crippen molar-refractivity contribution in [2.75, 3.05) is 13.3 Å². The number of sulfonamides is 1. The summed E-state index contributed by atoms with van der Waals surface area (Å²) < 4.78 is 48.9. The minimum absolute atomic E-state index is 0.0216. The van der Waals surface area contributed by atoms with Gasteiger partial charge in [-0.1, -0.05) is 35.5 Å². The summed E-state index contributed by atoms with van der Waals surface area (Å²) in [5, 5.41) is 24.6. The number of nitrogens with two attached hydrogens (primary N) is 1. The molecule has 0 aliphatic heterocycles. The average molecular weight is 707 g/mol. The molecule has 3 heterocycles. The molecule has 2 atom stereocenters. The minimum Gasteiger partial charge on any atom is -0.491 e. The number of Topliss-reactive ketones (excluding diaryl/α,β-unsaturated/α-hetero) is 1. The molecule has 16 heteroatoms. The highest BCUT2D eigenvalue weighted by atomic mass is 32.2. The fourth-order valence-corrected chi connectivity index (χ4v) is 7.12. The zero-order chi connectivity index (χ0) is 34.5. The van der Waals surface area contributed by atoms with Crippen LogP contribution >= 0.6 is 11.3 Å². The summed E-state index contributed by atoms with van der Waals surface area (Å²) in [4.78, 5) is 33.5. The highest BCUT2D eigenvalue weighted by Gasteiger charge is 2.29. The number of hydrogen-bond acceptors (Lipinski definition) is 10. The van der Waals surface area contributed by atoms with E-state index in [-0.39, 0.29) is 42.6 Å². The number of H-pyrrole nitrogens is 1. The Balaban J connectivity index is 1.21. The summed E-state index contributed by atoms with van der Waals surface area (Å²) in [7, 11) is -3.94. The molecule has 0 radical (unpaired) electrons. The van der Waals surface area contributed by atoms with Crippen molar-refractivity contribution in [2.24, 2.45) is 11.1 Å². The van der Waals surface area contributed by atoms with Gasteiger partial charge in [-0.2, -0.15) is 0 Å². The largest absolute Gasteiger partial charge is 0.491 e. The number of nitrogens with one attached hydrogen (secondary N) is 1. The van der Waals surface area contributed by atoms with Crippen LogP contribution in [0.15, 0.2) is 83.5 Å². The van der Waals surface area contributed by atoms with E-state index in [1.807, 2.05) is 24.3 Å². The lowest BCUT2D eigenvalue weighted by molar-refractivity contribution is -0.144. The van der Waals surface area contributed by atoms with E-state index in [9.17, 15) is 27.5 Å². The van der Waals surface area contributed by atoms with Crippen LogP contribution in [0.25, 0.3) is 21.1 Å². The van der Waals surface area contributed by atoms with Gasteiger partial charge in [0.15, 0.2) is 5.78 Å². The Kier molecular flexibility index (Phi) is 9.98. The maximum absolute atomic E-state index is 13.9. The molecule has 13 nitrogen and oxygen atoms in total. The molecule has 0 aliphatic carbocycles. The first-order valence-electron chi connectivity index (χ1n) is 15.1. The third-order valence-electron chi connectivity index (χ3n) is 7.86. The van der Waals surface area contributed by atoms with Gasteiger partial charge < -0.3 is 19.6 Å². The van der Waals surface area contributed by atoms with Crippen molar-refractivity contribution < 1.29 is 37.0 Å². The first kappa shape index (κ1) is 33.7. The first-order chi connectivity index (χ1) is 23.6. The predicted molar refractivity (Wildman–Crippen MR) is 179 cm³/mol. The highest BCUT2D eigenvalue weighted by molar-refractivity contribution is 7.91. The molecule has 0 bridgehead atoms. The molecule has 0 saturated carbocycles. The summed E-state index contributed by atoms with van der Waals surface area (Å²) >= 11 is 0.923. The third-order valence-corrected chi connectivity index (χ3v) is 10.2. The third kappa shape index (κ3) is 8.10. The molecule has 3 aromatic carbocycles. The van der Waals surface area contributed by atoms with Gasteiger partial charge >= 0.3 is 5.97 Å². The van der Waals surface area contributed by atoms with Crippen molar-refractivity contribution in [2.45, 2.75) is 36.3 Å². The number of primary sulfonamides is 1. The normalized spacial score (nSPS) is 13.0. The number of carboxylic acids is 1. The summed E-state index contributed by atoms with van der Waals surface area (Å²) in [6.07, 6.45) is 3.42. The molecule has 4 N–H and O–H groups in total. The first-order valence-corrected chi connectivity index (χ1v) is 17.5. The van der Waals surface area contributed by atoms with Crippen LogP contribution in [0.4, 0.5) is 4.39 Å². The van der Waals surface area contributed by atoms with E-state index in [1.54, 1.807) is 54.9 Å². The maximum atomic E-state index is 13.9. The van der Waals surface area contributed by atoms with E-state index in [4.69, 9.17) is 14.6 Å². The molecular weight excluding hydrogens is 676 g/mol. The van der Waals surface area contributed by atoms with Crippen molar-refractivity contribution in [1.82, 2.24) is 25.0 Å². The number of rotatable bonds is 16. The van der Waals surface area contributed by atoms with E-state index in [2.05, 4.69) is 20.3 Å². The molecule has 3 aromatic heterocycles. The topological polar surface area (TPSA) is 192 Å². The molecule has 0 fully saturated rings. The van der Waals surface area contributed by atoms with Crippen LogP contribution in [0.2, 0.25) is 0 Å². The fourth-order valence-electron chi connectivity index (χ4n) is 5.43. The lowest BCUT2D eigenvalue weighted by Gasteiger charge is -2.19. The van der Waals surface area contributed by atoms with E-state index in [1.165, 1.54) is 4.68 Å². The summed E-state index contributed by atoms with van der Waals surface area (Å²) in [6, 6.07) is 18.4. The Bertz CT molecular complexity index is 2220. The van der Waals surface area contributed by atoms with Gasteiger partial charge in [0, 0.05) is 29.9 Å². The average Bonchev–Trinajstić information content (AvgIpc) is 3.84. The lowest BCUT2D eigenvalue weighted by Crippen LogP contribution is -2.28. The zero-order valence-electron chi connectivity index (χ0n) is 25.9. The second-order valence-corrected chi connectivity index (χ2v) is 14.1. The number of halogens is 1. The van der Waals surface area contributed by atoms with Crippen LogP contribution in [0.3, 0.4) is 0 Å². The number of benzene rings is 3. The number of ether oxygens (including phenoxy) is 2. The van der Waals surface area contributed by atoms with Gasteiger partial charge in [-0.05, 0) is 53.9 Å². The van der Waals surface area contributed by atoms with E-state index < -0.39 is 34.6 Å². The minimum atomic E-state index is -3.94. The highest BCUT2D eigenvalue weighted by Crippen LogP contribution is 2.29. The molecule has 0 saturated heterocycles.